The highest BCUT2D eigenvalue weighted by Crippen LogP contribution is 2.21. The lowest BCUT2D eigenvalue weighted by atomic mass is 9.95. The molecule has 1 heterocycles. The maximum Gasteiger partial charge on any atom is 0.305 e. The van der Waals surface area contributed by atoms with Gasteiger partial charge >= 0.3 is 5.97 Å². The van der Waals surface area contributed by atoms with Crippen molar-refractivity contribution in [2.75, 3.05) is 18.6 Å². The van der Waals surface area contributed by atoms with Crippen molar-refractivity contribution in [2.45, 2.75) is 18.9 Å². The summed E-state index contributed by atoms with van der Waals surface area (Å²) < 4.78 is 26.8. The highest BCUT2D eigenvalue weighted by molar-refractivity contribution is 7.91. The minimum absolute atomic E-state index is 0. The number of hydrogen-bond acceptors (Lipinski definition) is 5. The second-order valence-electron chi connectivity index (χ2n) is 3.61. The van der Waals surface area contributed by atoms with Crippen molar-refractivity contribution in [3.05, 3.63) is 0 Å². The van der Waals surface area contributed by atoms with Crippen LogP contribution >= 0.6 is 12.4 Å². The van der Waals surface area contributed by atoms with E-state index in [0.717, 1.165) is 0 Å². The van der Waals surface area contributed by atoms with E-state index in [4.69, 9.17) is 5.73 Å². The molecule has 1 rings (SSSR count). The Hall–Kier alpha value is -0.330. The SMILES string of the molecule is COC(=O)CC1CCS(=O)(=O)CC1N.Cl. The van der Waals surface area contributed by atoms with Crippen LogP contribution in [0.1, 0.15) is 12.8 Å². The number of methoxy groups -OCH3 is 1. The number of sulfone groups is 1. The van der Waals surface area contributed by atoms with Gasteiger partial charge in [0.15, 0.2) is 9.84 Å². The zero-order chi connectivity index (χ0) is 10.8. The van der Waals surface area contributed by atoms with E-state index in [1.54, 1.807) is 0 Å². The molecule has 0 aromatic heterocycles. The largest absolute Gasteiger partial charge is 0.469 e. The van der Waals surface area contributed by atoms with Gasteiger partial charge in [-0.25, -0.2) is 8.42 Å². The predicted molar refractivity (Wildman–Crippen MR) is 58.6 cm³/mol. The first-order valence-corrected chi connectivity index (χ1v) is 6.29. The normalized spacial score (nSPS) is 28.9. The molecule has 15 heavy (non-hydrogen) atoms. The molecule has 90 valence electrons. The molecule has 0 bridgehead atoms. The van der Waals surface area contributed by atoms with E-state index in [2.05, 4.69) is 4.74 Å². The summed E-state index contributed by atoms with van der Waals surface area (Å²) in [5.74, 6) is -0.285. The van der Waals surface area contributed by atoms with Gasteiger partial charge in [-0.1, -0.05) is 0 Å². The molecule has 5 nitrogen and oxygen atoms in total. The number of halogens is 1. The molecule has 0 saturated carbocycles. The highest BCUT2D eigenvalue weighted by atomic mass is 35.5. The molecular formula is C8H16ClNO4S. The first-order valence-electron chi connectivity index (χ1n) is 4.47. The van der Waals surface area contributed by atoms with E-state index in [0.29, 0.717) is 6.42 Å². The Bertz CT molecular complexity index is 317. The minimum Gasteiger partial charge on any atom is -0.469 e. The Morgan fingerprint density at radius 2 is 2.13 bits per heavy atom. The van der Waals surface area contributed by atoms with Gasteiger partial charge in [-0.05, 0) is 12.3 Å². The van der Waals surface area contributed by atoms with Crippen molar-refractivity contribution in [3.8, 4) is 0 Å². The number of carbonyl (C=O) groups is 1. The lowest BCUT2D eigenvalue weighted by Crippen LogP contribution is -2.43. The smallest absolute Gasteiger partial charge is 0.305 e. The van der Waals surface area contributed by atoms with Crippen molar-refractivity contribution in [1.29, 1.82) is 0 Å². The Morgan fingerprint density at radius 1 is 1.53 bits per heavy atom. The molecule has 1 aliphatic rings. The van der Waals surface area contributed by atoms with Gasteiger partial charge in [0.05, 0.1) is 18.6 Å². The average Bonchev–Trinajstić information content (AvgIpc) is 2.09. The summed E-state index contributed by atoms with van der Waals surface area (Å²) in [6, 6.07) is -0.437. The van der Waals surface area contributed by atoms with Gasteiger partial charge in [0.1, 0.15) is 0 Å². The summed E-state index contributed by atoms with van der Waals surface area (Å²) in [5.41, 5.74) is 5.67. The average molecular weight is 258 g/mol. The quantitative estimate of drug-likeness (QED) is 0.689. The molecule has 2 N–H and O–H groups in total. The van der Waals surface area contributed by atoms with E-state index in [1.165, 1.54) is 7.11 Å². The molecular weight excluding hydrogens is 242 g/mol. The summed E-state index contributed by atoms with van der Waals surface area (Å²) in [7, 11) is -1.67. The Balaban J connectivity index is 0.00000196. The zero-order valence-electron chi connectivity index (χ0n) is 8.51. The van der Waals surface area contributed by atoms with Gasteiger partial charge in [0.25, 0.3) is 0 Å². The van der Waals surface area contributed by atoms with Crippen LogP contribution in [0.3, 0.4) is 0 Å². The summed E-state index contributed by atoms with van der Waals surface area (Å²) in [6.45, 7) is 0. The van der Waals surface area contributed by atoms with Crippen LogP contribution in [-0.4, -0.2) is 39.0 Å². The first kappa shape index (κ1) is 14.7. The monoisotopic (exact) mass is 257 g/mol. The lowest BCUT2D eigenvalue weighted by molar-refractivity contribution is -0.141. The highest BCUT2D eigenvalue weighted by Gasteiger charge is 2.31. The Labute approximate surface area is 95.7 Å². The van der Waals surface area contributed by atoms with Crippen molar-refractivity contribution in [3.63, 3.8) is 0 Å². The van der Waals surface area contributed by atoms with Crippen molar-refractivity contribution in [2.24, 2.45) is 11.7 Å². The summed E-state index contributed by atoms with van der Waals surface area (Å²) in [6.07, 6.45) is 0.672. The van der Waals surface area contributed by atoms with Gasteiger partial charge < -0.3 is 10.5 Å². The van der Waals surface area contributed by atoms with Crippen LogP contribution in [-0.2, 0) is 19.4 Å². The number of rotatable bonds is 2. The minimum atomic E-state index is -2.98. The number of ether oxygens (including phenoxy) is 1. The third-order valence-electron chi connectivity index (χ3n) is 2.51. The molecule has 0 radical (unpaired) electrons. The standard InChI is InChI=1S/C8H15NO4S.ClH/c1-13-8(10)4-6-2-3-14(11,12)5-7(6)9;/h6-7H,2-5,9H2,1H3;1H. The molecule has 2 unspecified atom stereocenters. The van der Waals surface area contributed by atoms with E-state index < -0.39 is 15.9 Å². The summed E-state index contributed by atoms with van der Waals surface area (Å²) in [5, 5.41) is 0. The second-order valence-corrected chi connectivity index (χ2v) is 5.84. The van der Waals surface area contributed by atoms with Crippen LogP contribution in [0.15, 0.2) is 0 Å². The molecule has 0 amide bonds. The lowest BCUT2D eigenvalue weighted by Gasteiger charge is -2.27. The molecule has 1 fully saturated rings. The number of hydrogen-bond donors (Lipinski definition) is 1. The molecule has 0 spiro atoms. The molecule has 7 heteroatoms. The van der Waals surface area contributed by atoms with Crippen LogP contribution < -0.4 is 5.73 Å². The predicted octanol–water partition coefficient (Wildman–Crippen LogP) is -0.267. The third-order valence-corrected chi connectivity index (χ3v) is 4.26. The number of carbonyl (C=O) groups excluding carboxylic acids is 1. The van der Waals surface area contributed by atoms with Crippen molar-refractivity contribution < 1.29 is 17.9 Å². The maximum absolute atomic E-state index is 11.2. The fraction of sp³-hybridized carbons (Fsp3) is 0.875. The van der Waals surface area contributed by atoms with Gasteiger partial charge in [-0.3, -0.25) is 4.79 Å². The van der Waals surface area contributed by atoms with E-state index in [-0.39, 0.29) is 42.2 Å². The van der Waals surface area contributed by atoms with Crippen molar-refractivity contribution in [1.82, 2.24) is 0 Å². The Morgan fingerprint density at radius 3 is 2.60 bits per heavy atom. The molecule has 1 saturated heterocycles. The topological polar surface area (TPSA) is 86.5 Å². The van der Waals surface area contributed by atoms with E-state index in [1.807, 2.05) is 0 Å². The number of esters is 1. The third kappa shape index (κ3) is 4.36. The van der Waals surface area contributed by atoms with Gasteiger partial charge in [-0.15, -0.1) is 12.4 Å². The van der Waals surface area contributed by atoms with Crippen molar-refractivity contribution >= 4 is 28.2 Å². The molecule has 2 atom stereocenters. The second kappa shape index (κ2) is 5.67. The summed E-state index contributed by atoms with van der Waals surface area (Å²) >= 11 is 0. The number of nitrogens with two attached hydrogens (primary N) is 1. The zero-order valence-corrected chi connectivity index (χ0v) is 10.1. The first-order chi connectivity index (χ1) is 6.44. The van der Waals surface area contributed by atoms with Crippen LogP contribution in [0.4, 0.5) is 0 Å². The fourth-order valence-corrected chi connectivity index (χ4v) is 3.30. The van der Waals surface area contributed by atoms with Crippen LogP contribution in [0.25, 0.3) is 0 Å². The van der Waals surface area contributed by atoms with Crippen LogP contribution in [0.5, 0.6) is 0 Å². The molecule has 1 aliphatic heterocycles. The summed E-state index contributed by atoms with van der Waals surface area (Å²) in [4.78, 5) is 11.0. The van der Waals surface area contributed by atoms with E-state index >= 15 is 0 Å². The fourth-order valence-electron chi connectivity index (χ4n) is 1.61. The van der Waals surface area contributed by atoms with Gasteiger partial charge in [-0.2, -0.15) is 0 Å². The molecule has 0 aliphatic carbocycles. The van der Waals surface area contributed by atoms with Crippen LogP contribution in [0, 0.1) is 5.92 Å². The molecule has 0 aromatic carbocycles. The van der Waals surface area contributed by atoms with Crippen LogP contribution in [0.2, 0.25) is 0 Å². The van der Waals surface area contributed by atoms with Gasteiger partial charge in [0, 0.05) is 12.5 Å². The maximum atomic E-state index is 11.2. The van der Waals surface area contributed by atoms with E-state index in [9.17, 15) is 13.2 Å². The van der Waals surface area contributed by atoms with Gasteiger partial charge in [0.2, 0.25) is 0 Å². The molecule has 0 aromatic rings. The Kier molecular flexibility index (Phi) is 5.55.